The molecule has 0 bridgehead atoms. The molecule has 1 saturated carbocycles. The quantitative estimate of drug-likeness (QED) is 0.746. The summed E-state index contributed by atoms with van der Waals surface area (Å²) in [6.45, 7) is 5.58. The zero-order chi connectivity index (χ0) is 18.9. The predicted octanol–water partition coefficient (Wildman–Crippen LogP) is 5.27. The van der Waals surface area contributed by atoms with E-state index in [-0.39, 0.29) is 12.2 Å². The van der Waals surface area contributed by atoms with E-state index in [9.17, 15) is 14.7 Å². The smallest absolute Gasteiger partial charge is 0.412 e. The molecule has 0 saturated heterocycles. The molecule has 4 heteroatoms. The van der Waals surface area contributed by atoms with E-state index in [4.69, 9.17) is 0 Å². The molecule has 4 nitrogen and oxygen atoms in total. The Morgan fingerprint density at radius 2 is 1.73 bits per heavy atom. The van der Waals surface area contributed by atoms with E-state index >= 15 is 0 Å². The standard InChI is InChI=1S/C22H25NO3/c1-22(2,3)23(21(25)26)19-12-11-17(15-9-10-15)13-18(19)14-20(24)16-7-5-4-6-8-16/h4-8,11-13,15H,9-10,14H2,1-3H3,(H,25,26). The van der Waals surface area contributed by atoms with E-state index in [1.165, 1.54) is 10.5 Å². The normalized spacial score (nSPS) is 14.1. The molecule has 0 heterocycles. The van der Waals surface area contributed by atoms with Gasteiger partial charge in [-0.25, -0.2) is 4.79 Å². The molecule has 0 atom stereocenters. The number of carbonyl (C=O) groups excluding carboxylic acids is 1. The summed E-state index contributed by atoms with van der Waals surface area (Å²) in [5.41, 5.74) is 2.62. The van der Waals surface area contributed by atoms with E-state index in [2.05, 4.69) is 0 Å². The van der Waals surface area contributed by atoms with Gasteiger partial charge in [0.05, 0.1) is 5.69 Å². The fourth-order valence-electron chi connectivity index (χ4n) is 3.29. The van der Waals surface area contributed by atoms with Crippen molar-refractivity contribution in [1.29, 1.82) is 0 Å². The van der Waals surface area contributed by atoms with Gasteiger partial charge in [-0.05, 0) is 56.7 Å². The summed E-state index contributed by atoms with van der Waals surface area (Å²) in [6.07, 6.45) is 1.51. The molecule has 0 unspecified atom stereocenters. The number of anilines is 1. The number of rotatable bonds is 5. The summed E-state index contributed by atoms with van der Waals surface area (Å²) < 4.78 is 0. The molecule has 2 aromatic carbocycles. The largest absolute Gasteiger partial charge is 0.465 e. The summed E-state index contributed by atoms with van der Waals surface area (Å²) in [5, 5.41) is 9.77. The lowest BCUT2D eigenvalue weighted by atomic mass is 9.95. The minimum atomic E-state index is -1.01. The highest BCUT2D eigenvalue weighted by molar-refractivity contribution is 5.99. The first-order valence-electron chi connectivity index (χ1n) is 9.01. The monoisotopic (exact) mass is 351 g/mol. The summed E-state index contributed by atoms with van der Waals surface area (Å²) >= 11 is 0. The molecule has 1 N–H and O–H groups in total. The van der Waals surface area contributed by atoms with Crippen molar-refractivity contribution in [2.45, 2.75) is 51.5 Å². The summed E-state index contributed by atoms with van der Waals surface area (Å²) in [4.78, 5) is 26.0. The second-order valence-electron chi connectivity index (χ2n) is 7.92. The van der Waals surface area contributed by atoms with Crippen molar-refractivity contribution in [2.24, 2.45) is 0 Å². The number of Topliss-reactive ketones (excluding diaryl/α,β-unsaturated/α-hetero) is 1. The number of hydrogen-bond acceptors (Lipinski definition) is 2. The summed E-state index contributed by atoms with van der Waals surface area (Å²) in [6, 6.07) is 15.0. The van der Waals surface area contributed by atoms with Gasteiger partial charge in [0, 0.05) is 17.5 Å². The highest BCUT2D eigenvalue weighted by Crippen LogP contribution is 2.42. The van der Waals surface area contributed by atoms with Crippen LogP contribution in [0, 0.1) is 0 Å². The Balaban J connectivity index is 2.01. The van der Waals surface area contributed by atoms with Crippen molar-refractivity contribution in [3.63, 3.8) is 0 Å². The first-order chi connectivity index (χ1) is 12.3. The molecule has 1 amide bonds. The lowest BCUT2D eigenvalue weighted by Crippen LogP contribution is -2.45. The van der Waals surface area contributed by atoms with Crippen LogP contribution in [-0.2, 0) is 6.42 Å². The fraction of sp³-hybridized carbons (Fsp3) is 0.364. The van der Waals surface area contributed by atoms with Gasteiger partial charge in [0.15, 0.2) is 5.78 Å². The van der Waals surface area contributed by atoms with Crippen LogP contribution < -0.4 is 4.90 Å². The fourth-order valence-corrected chi connectivity index (χ4v) is 3.29. The zero-order valence-corrected chi connectivity index (χ0v) is 15.5. The Kier molecular flexibility index (Phi) is 4.86. The number of benzene rings is 2. The van der Waals surface area contributed by atoms with E-state index in [0.29, 0.717) is 17.2 Å². The Morgan fingerprint density at radius 1 is 1.08 bits per heavy atom. The van der Waals surface area contributed by atoms with Crippen LogP contribution in [0.1, 0.15) is 61.0 Å². The van der Waals surface area contributed by atoms with E-state index in [0.717, 1.165) is 18.4 Å². The summed E-state index contributed by atoms with van der Waals surface area (Å²) in [5.74, 6) is 0.543. The average Bonchev–Trinajstić information content (AvgIpc) is 3.40. The van der Waals surface area contributed by atoms with Crippen molar-refractivity contribution >= 4 is 17.6 Å². The molecule has 1 aliphatic carbocycles. The highest BCUT2D eigenvalue weighted by Gasteiger charge is 2.31. The number of ketones is 1. The second-order valence-corrected chi connectivity index (χ2v) is 7.92. The van der Waals surface area contributed by atoms with Gasteiger partial charge in [0.25, 0.3) is 0 Å². The Hall–Kier alpha value is -2.62. The molecule has 26 heavy (non-hydrogen) atoms. The van der Waals surface area contributed by atoms with Crippen LogP contribution in [0.4, 0.5) is 10.5 Å². The molecule has 0 spiro atoms. The maximum atomic E-state index is 12.7. The zero-order valence-electron chi connectivity index (χ0n) is 15.5. The molecule has 0 aliphatic heterocycles. The van der Waals surface area contributed by atoms with Crippen molar-refractivity contribution in [3.8, 4) is 0 Å². The molecule has 2 aromatic rings. The third kappa shape index (κ3) is 3.96. The Morgan fingerprint density at radius 3 is 2.27 bits per heavy atom. The van der Waals surface area contributed by atoms with Crippen LogP contribution in [0.15, 0.2) is 48.5 Å². The molecule has 1 aliphatic rings. The molecule has 0 radical (unpaired) electrons. The number of amides is 1. The maximum Gasteiger partial charge on any atom is 0.412 e. The molecular formula is C22H25NO3. The predicted molar refractivity (Wildman–Crippen MR) is 103 cm³/mol. The van der Waals surface area contributed by atoms with Crippen molar-refractivity contribution in [2.75, 3.05) is 4.90 Å². The molecular weight excluding hydrogens is 326 g/mol. The van der Waals surface area contributed by atoms with Gasteiger partial charge in [-0.15, -0.1) is 0 Å². The Labute approximate surface area is 154 Å². The lowest BCUT2D eigenvalue weighted by molar-refractivity contribution is 0.0992. The van der Waals surface area contributed by atoms with Gasteiger partial charge in [0.1, 0.15) is 0 Å². The summed E-state index contributed by atoms with van der Waals surface area (Å²) in [7, 11) is 0. The van der Waals surface area contributed by atoms with Gasteiger partial charge in [-0.1, -0.05) is 42.5 Å². The van der Waals surface area contributed by atoms with Crippen LogP contribution >= 0.6 is 0 Å². The van der Waals surface area contributed by atoms with Crippen LogP contribution in [-0.4, -0.2) is 22.5 Å². The minimum Gasteiger partial charge on any atom is -0.465 e. The highest BCUT2D eigenvalue weighted by atomic mass is 16.4. The number of carbonyl (C=O) groups is 2. The van der Waals surface area contributed by atoms with Crippen LogP contribution in [0.25, 0.3) is 0 Å². The first-order valence-corrected chi connectivity index (χ1v) is 9.01. The van der Waals surface area contributed by atoms with Gasteiger partial charge in [-0.3, -0.25) is 9.69 Å². The molecule has 1 fully saturated rings. The molecule has 0 aromatic heterocycles. The Bertz CT molecular complexity index is 817. The SMILES string of the molecule is CC(C)(C)N(C(=O)O)c1ccc(C2CC2)cc1CC(=O)c1ccccc1. The van der Waals surface area contributed by atoms with Crippen LogP contribution in [0.5, 0.6) is 0 Å². The third-order valence-corrected chi connectivity index (χ3v) is 4.70. The third-order valence-electron chi connectivity index (χ3n) is 4.70. The minimum absolute atomic E-state index is 0.000884. The topological polar surface area (TPSA) is 57.6 Å². The van der Waals surface area contributed by atoms with Crippen molar-refractivity contribution in [3.05, 3.63) is 65.2 Å². The number of carboxylic acid groups (broad SMARTS) is 1. The van der Waals surface area contributed by atoms with Crippen molar-refractivity contribution < 1.29 is 14.7 Å². The lowest BCUT2D eigenvalue weighted by Gasteiger charge is -2.34. The maximum absolute atomic E-state index is 12.7. The molecule has 3 rings (SSSR count). The van der Waals surface area contributed by atoms with E-state index in [1.807, 2.05) is 57.2 Å². The van der Waals surface area contributed by atoms with Crippen LogP contribution in [0.3, 0.4) is 0 Å². The van der Waals surface area contributed by atoms with E-state index < -0.39 is 11.6 Å². The van der Waals surface area contributed by atoms with Gasteiger partial charge >= 0.3 is 6.09 Å². The van der Waals surface area contributed by atoms with Gasteiger partial charge in [0.2, 0.25) is 0 Å². The molecule has 136 valence electrons. The first kappa shape index (κ1) is 18.2. The van der Waals surface area contributed by atoms with E-state index in [1.54, 1.807) is 12.1 Å². The number of hydrogen-bond donors (Lipinski definition) is 1. The van der Waals surface area contributed by atoms with Crippen LogP contribution in [0.2, 0.25) is 0 Å². The second kappa shape index (κ2) is 6.94. The average molecular weight is 351 g/mol. The number of nitrogens with zero attached hydrogens (tertiary/aromatic N) is 1. The van der Waals surface area contributed by atoms with Gasteiger partial charge < -0.3 is 5.11 Å². The van der Waals surface area contributed by atoms with Crippen molar-refractivity contribution in [1.82, 2.24) is 0 Å². The van der Waals surface area contributed by atoms with Gasteiger partial charge in [-0.2, -0.15) is 0 Å².